The van der Waals surface area contributed by atoms with Crippen molar-refractivity contribution in [2.75, 3.05) is 19.8 Å². The van der Waals surface area contributed by atoms with Gasteiger partial charge < -0.3 is 19.0 Å². The van der Waals surface area contributed by atoms with Crippen LogP contribution in [-0.2, 0) is 11.3 Å². The largest absolute Gasteiger partial charge is 0.491 e. The van der Waals surface area contributed by atoms with E-state index in [0.717, 1.165) is 67.2 Å². The first kappa shape index (κ1) is 14.6. The second-order valence-corrected chi connectivity index (χ2v) is 5.98. The molecule has 1 aromatic carbocycles. The van der Waals surface area contributed by atoms with Gasteiger partial charge in [0.1, 0.15) is 11.3 Å². The van der Waals surface area contributed by atoms with Crippen molar-refractivity contribution in [2.45, 2.75) is 32.7 Å². The summed E-state index contributed by atoms with van der Waals surface area (Å²) in [5.41, 5.74) is 2.16. The highest BCUT2D eigenvalue weighted by Gasteiger charge is 2.17. The minimum absolute atomic E-state index is 0.643. The molecule has 1 aliphatic rings. The van der Waals surface area contributed by atoms with Gasteiger partial charge in [0.25, 0.3) is 0 Å². The predicted octanol–water partition coefficient (Wildman–Crippen LogP) is 3.91. The summed E-state index contributed by atoms with van der Waals surface area (Å²) in [7, 11) is 0. The average Bonchev–Trinajstić information content (AvgIpc) is 2.83. The van der Waals surface area contributed by atoms with Crippen molar-refractivity contribution in [1.82, 2.24) is 9.55 Å². The van der Waals surface area contributed by atoms with Gasteiger partial charge in [0.2, 0.25) is 0 Å². The zero-order valence-corrected chi connectivity index (χ0v) is 13.2. The lowest BCUT2D eigenvalue weighted by atomic mass is 10.0. The van der Waals surface area contributed by atoms with Gasteiger partial charge in [0, 0.05) is 19.8 Å². The molecule has 1 aliphatic heterocycles. The number of H-pyrrole nitrogens is 1. The number of aromatic amines is 1. The lowest BCUT2D eigenvalue weighted by molar-refractivity contribution is 0.0615. The van der Waals surface area contributed by atoms with E-state index in [0.29, 0.717) is 5.92 Å². The van der Waals surface area contributed by atoms with Gasteiger partial charge in [-0.1, -0.05) is 13.0 Å². The molecule has 1 saturated heterocycles. The molecule has 1 N–H and O–H groups in total. The molecule has 0 amide bonds. The summed E-state index contributed by atoms with van der Waals surface area (Å²) >= 11 is 5.51. The molecule has 0 bridgehead atoms. The molecule has 2 heterocycles. The molecule has 0 spiro atoms. The topological polar surface area (TPSA) is 39.2 Å². The lowest BCUT2D eigenvalue weighted by Crippen LogP contribution is -2.20. The third-order valence-electron chi connectivity index (χ3n) is 4.02. The predicted molar refractivity (Wildman–Crippen MR) is 86.5 cm³/mol. The highest BCUT2D eigenvalue weighted by atomic mass is 32.1. The van der Waals surface area contributed by atoms with E-state index in [1.165, 1.54) is 0 Å². The Labute approximate surface area is 130 Å². The summed E-state index contributed by atoms with van der Waals surface area (Å²) in [5, 5.41) is 0. The maximum Gasteiger partial charge on any atom is 0.178 e. The Morgan fingerprint density at radius 1 is 1.38 bits per heavy atom. The van der Waals surface area contributed by atoms with Crippen molar-refractivity contribution in [3.05, 3.63) is 23.0 Å². The molecule has 21 heavy (non-hydrogen) atoms. The molecule has 5 heteroatoms. The van der Waals surface area contributed by atoms with Gasteiger partial charge in [0.15, 0.2) is 4.77 Å². The first-order chi connectivity index (χ1) is 10.3. The number of fused-ring (bicyclic) bond motifs is 1. The fourth-order valence-corrected chi connectivity index (χ4v) is 3.13. The van der Waals surface area contributed by atoms with Crippen LogP contribution in [0.5, 0.6) is 5.75 Å². The molecule has 0 aliphatic carbocycles. The lowest BCUT2D eigenvalue weighted by Gasteiger charge is -2.22. The minimum Gasteiger partial charge on any atom is -0.491 e. The van der Waals surface area contributed by atoms with Crippen molar-refractivity contribution < 1.29 is 9.47 Å². The van der Waals surface area contributed by atoms with Gasteiger partial charge >= 0.3 is 0 Å². The average molecular weight is 306 g/mol. The molecule has 1 fully saturated rings. The highest BCUT2D eigenvalue weighted by molar-refractivity contribution is 7.71. The summed E-state index contributed by atoms with van der Waals surface area (Å²) in [5.74, 6) is 1.54. The van der Waals surface area contributed by atoms with E-state index >= 15 is 0 Å². The second-order valence-electron chi connectivity index (χ2n) is 5.60. The summed E-state index contributed by atoms with van der Waals surface area (Å²) in [6, 6.07) is 6.15. The Morgan fingerprint density at radius 2 is 2.19 bits per heavy atom. The number of aromatic nitrogens is 2. The third-order valence-corrected chi connectivity index (χ3v) is 4.34. The third kappa shape index (κ3) is 3.14. The van der Waals surface area contributed by atoms with Crippen molar-refractivity contribution in [1.29, 1.82) is 0 Å². The number of benzene rings is 1. The monoisotopic (exact) mass is 306 g/mol. The van der Waals surface area contributed by atoms with E-state index in [4.69, 9.17) is 21.7 Å². The van der Waals surface area contributed by atoms with Crippen molar-refractivity contribution in [2.24, 2.45) is 5.92 Å². The van der Waals surface area contributed by atoms with Crippen LogP contribution in [0.2, 0.25) is 0 Å². The molecule has 0 atom stereocenters. The van der Waals surface area contributed by atoms with Crippen molar-refractivity contribution in [3.8, 4) is 5.75 Å². The van der Waals surface area contributed by atoms with E-state index in [-0.39, 0.29) is 0 Å². The van der Waals surface area contributed by atoms with E-state index in [9.17, 15) is 0 Å². The van der Waals surface area contributed by atoms with Crippen LogP contribution in [0.4, 0.5) is 0 Å². The van der Waals surface area contributed by atoms with Crippen LogP contribution in [-0.4, -0.2) is 29.4 Å². The molecule has 4 nitrogen and oxygen atoms in total. The van der Waals surface area contributed by atoms with Gasteiger partial charge in [-0.05, 0) is 49.5 Å². The zero-order chi connectivity index (χ0) is 14.7. The summed E-state index contributed by atoms with van der Waals surface area (Å²) in [6.07, 6.45) is 3.22. The number of para-hydroxylation sites is 1. The molecule has 2 aromatic rings. The quantitative estimate of drug-likeness (QED) is 0.851. The van der Waals surface area contributed by atoms with Gasteiger partial charge in [0.05, 0.1) is 12.1 Å². The van der Waals surface area contributed by atoms with Gasteiger partial charge in [-0.3, -0.25) is 0 Å². The second kappa shape index (κ2) is 6.62. The Kier molecular flexibility index (Phi) is 4.60. The van der Waals surface area contributed by atoms with Gasteiger partial charge in [-0.2, -0.15) is 0 Å². The SMILES string of the molecule is CCCOc1cccc2c1[nH]c(=S)n2CC1CCOCC1. The van der Waals surface area contributed by atoms with Crippen LogP contribution in [0.25, 0.3) is 11.0 Å². The summed E-state index contributed by atoms with van der Waals surface area (Å²) < 4.78 is 14.2. The maximum atomic E-state index is 5.82. The Bertz CT molecular complexity index is 656. The number of ether oxygens (including phenoxy) is 2. The maximum absolute atomic E-state index is 5.82. The molecular weight excluding hydrogens is 284 g/mol. The molecule has 114 valence electrons. The van der Waals surface area contributed by atoms with Crippen LogP contribution in [0, 0.1) is 10.7 Å². The Balaban J connectivity index is 1.91. The van der Waals surface area contributed by atoms with Gasteiger partial charge in [-0.15, -0.1) is 0 Å². The molecule has 0 saturated carbocycles. The Morgan fingerprint density at radius 3 is 2.95 bits per heavy atom. The van der Waals surface area contributed by atoms with Crippen LogP contribution < -0.4 is 4.74 Å². The molecule has 3 rings (SSSR count). The van der Waals surface area contributed by atoms with Crippen molar-refractivity contribution >= 4 is 23.3 Å². The van der Waals surface area contributed by atoms with Crippen LogP contribution >= 0.6 is 12.2 Å². The standard InChI is InChI=1S/C16H22N2O2S/c1-2-8-20-14-5-3-4-13-15(14)17-16(21)18(13)11-12-6-9-19-10-7-12/h3-5,12H,2,6-11H2,1H3,(H,17,21). The normalized spacial score (nSPS) is 16.4. The van der Waals surface area contributed by atoms with Crippen molar-refractivity contribution in [3.63, 3.8) is 0 Å². The molecule has 1 aromatic heterocycles. The minimum atomic E-state index is 0.643. The fraction of sp³-hybridized carbons (Fsp3) is 0.562. The van der Waals surface area contributed by atoms with Crippen LogP contribution in [0.15, 0.2) is 18.2 Å². The first-order valence-corrected chi connectivity index (χ1v) is 8.12. The van der Waals surface area contributed by atoms with Crippen LogP contribution in [0.3, 0.4) is 0 Å². The number of nitrogens with zero attached hydrogens (tertiary/aromatic N) is 1. The summed E-state index contributed by atoms with van der Waals surface area (Å²) in [4.78, 5) is 3.32. The van der Waals surface area contributed by atoms with E-state index in [1.807, 2.05) is 12.1 Å². The van der Waals surface area contributed by atoms with Crippen LogP contribution in [0.1, 0.15) is 26.2 Å². The number of nitrogens with one attached hydrogen (secondary N) is 1. The molecule has 0 unspecified atom stereocenters. The van der Waals surface area contributed by atoms with E-state index in [1.54, 1.807) is 0 Å². The number of rotatable bonds is 5. The first-order valence-electron chi connectivity index (χ1n) is 7.71. The number of hydrogen-bond acceptors (Lipinski definition) is 3. The molecular formula is C16H22N2O2S. The number of imidazole rings is 1. The smallest absolute Gasteiger partial charge is 0.178 e. The molecule has 0 radical (unpaired) electrons. The van der Waals surface area contributed by atoms with Gasteiger partial charge in [-0.25, -0.2) is 0 Å². The zero-order valence-electron chi connectivity index (χ0n) is 12.4. The van der Waals surface area contributed by atoms with E-state index in [2.05, 4.69) is 22.5 Å². The number of hydrogen-bond donors (Lipinski definition) is 1. The highest BCUT2D eigenvalue weighted by Crippen LogP contribution is 2.27. The fourth-order valence-electron chi connectivity index (χ4n) is 2.85. The Hall–Kier alpha value is -1.33. The summed E-state index contributed by atoms with van der Waals surface area (Å²) in [6.45, 7) is 5.53. The van der Waals surface area contributed by atoms with E-state index < -0.39 is 0 Å².